The third-order valence-electron chi connectivity index (χ3n) is 4.73. The Morgan fingerprint density at radius 3 is 2.31 bits per heavy atom. The minimum Gasteiger partial charge on any atom is -0.484 e. The Bertz CT molecular complexity index is 584. The maximum Gasteiger partial charge on any atom is 0.257 e. The molecule has 2 rings (SSSR count). The van der Waals surface area contributed by atoms with Crippen LogP contribution < -0.4 is 15.4 Å². The second-order valence-electron chi connectivity index (χ2n) is 8.07. The number of hydrogen-bond donors (Lipinski definition) is 2. The fraction of sp³-hybridized carbons (Fsp3) is 0.619. The molecule has 1 saturated carbocycles. The SMILES string of the molecule is CC(C)(C)c1ccc(OCC(=O)NCCC(=O)NC2CCCCC2)cc1. The second kappa shape index (κ2) is 9.60. The smallest absolute Gasteiger partial charge is 0.257 e. The third-order valence-corrected chi connectivity index (χ3v) is 4.73. The van der Waals surface area contributed by atoms with Gasteiger partial charge in [0.1, 0.15) is 5.75 Å². The van der Waals surface area contributed by atoms with Gasteiger partial charge in [0, 0.05) is 19.0 Å². The molecule has 0 saturated heterocycles. The van der Waals surface area contributed by atoms with Crippen LogP contribution in [0.15, 0.2) is 24.3 Å². The van der Waals surface area contributed by atoms with Crippen LogP contribution in [0.3, 0.4) is 0 Å². The molecule has 5 heteroatoms. The molecule has 144 valence electrons. The normalized spacial score (nSPS) is 15.3. The molecule has 0 aromatic heterocycles. The van der Waals surface area contributed by atoms with Crippen molar-refractivity contribution in [3.05, 3.63) is 29.8 Å². The van der Waals surface area contributed by atoms with Crippen molar-refractivity contribution in [2.75, 3.05) is 13.2 Å². The number of rotatable bonds is 7. The molecule has 1 aromatic carbocycles. The van der Waals surface area contributed by atoms with Crippen LogP contribution in [0.2, 0.25) is 0 Å². The van der Waals surface area contributed by atoms with Crippen LogP contribution in [-0.4, -0.2) is 31.0 Å². The summed E-state index contributed by atoms with van der Waals surface area (Å²) in [7, 11) is 0. The molecule has 5 nitrogen and oxygen atoms in total. The number of nitrogens with one attached hydrogen (secondary N) is 2. The monoisotopic (exact) mass is 360 g/mol. The van der Waals surface area contributed by atoms with Gasteiger partial charge >= 0.3 is 0 Å². The van der Waals surface area contributed by atoms with Gasteiger partial charge in [-0.25, -0.2) is 0 Å². The van der Waals surface area contributed by atoms with Gasteiger partial charge in [0.05, 0.1) is 0 Å². The Kier molecular flexibility index (Phi) is 7.49. The first-order valence-corrected chi connectivity index (χ1v) is 9.64. The van der Waals surface area contributed by atoms with E-state index in [2.05, 4.69) is 31.4 Å². The van der Waals surface area contributed by atoms with Crippen molar-refractivity contribution in [3.8, 4) is 5.75 Å². The molecule has 0 radical (unpaired) electrons. The average molecular weight is 360 g/mol. The van der Waals surface area contributed by atoms with Crippen molar-refractivity contribution in [2.24, 2.45) is 0 Å². The molecule has 0 spiro atoms. The lowest BCUT2D eigenvalue weighted by atomic mass is 9.87. The van der Waals surface area contributed by atoms with Gasteiger partial charge in [0.2, 0.25) is 5.91 Å². The van der Waals surface area contributed by atoms with Crippen molar-refractivity contribution in [1.82, 2.24) is 10.6 Å². The molecule has 2 N–H and O–H groups in total. The van der Waals surface area contributed by atoms with Crippen LogP contribution in [0.4, 0.5) is 0 Å². The van der Waals surface area contributed by atoms with Crippen LogP contribution in [0.5, 0.6) is 5.75 Å². The zero-order valence-corrected chi connectivity index (χ0v) is 16.3. The van der Waals surface area contributed by atoms with Gasteiger partial charge in [-0.1, -0.05) is 52.2 Å². The summed E-state index contributed by atoms with van der Waals surface area (Å²) in [6, 6.07) is 8.11. The Morgan fingerprint density at radius 2 is 1.69 bits per heavy atom. The van der Waals surface area contributed by atoms with E-state index in [-0.39, 0.29) is 23.8 Å². The Balaban J connectivity index is 1.62. The first-order valence-electron chi connectivity index (χ1n) is 9.64. The quantitative estimate of drug-likeness (QED) is 0.784. The summed E-state index contributed by atoms with van der Waals surface area (Å²) in [5.41, 5.74) is 1.31. The Morgan fingerprint density at radius 1 is 1.04 bits per heavy atom. The largest absolute Gasteiger partial charge is 0.484 e. The van der Waals surface area contributed by atoms with E-state index in [4.69, 9.17) is 4.74 Å². The lowest BCUT2D eigenvalue weighted by Crippen LogP contribution is -2.38. The molecule has 26 heavy (non-hydrogen) atoms. The number of hydrogen-bond acceptors (Lipinski definition) is 3. The number of ether oxygens (including phenoxy) is 1. The van der Waals surface area contributed by atoms with Crippen molar-refractivity contribution in [1.29, 1.82) is 0 Å². The molecule has 2 amide bonds. The van der Waals surface area contributed by atoms with Gasteiger partial charge in [-0.3, -0.25) is 9.59 Å². The number of carbonyl (C=O) groups is 2. The summed E-state index contributed by atoms with van der Waals surface area (Å²) >= 11 is 0. The topological polar surface area (TPSA) is 67.4 Å². The molecular weight excluding hydrogens is 328 g/mol. The molecule has 1 aliphatic carbocycles. The van der Waals surface area contributed by atoms with E-state index in [0.717, 1.165) is 12.8 Å². The van der Waals surface area contributed by atoms with Crippen molar-refractivity contribution >= 4 is 11.8 Å². The maximum absolute atomic E-state index is 11.9. The summed E-state index contributed by atoms with van der Waals surface area (Å²) in [5.74, 6) is 0.467. The highest BCUT2D eigenvalue weighted by molar-refractivity contribution is 5.79. The van der Waals surface area contributed by atoms with Crippen LogP contribution in [0.25, 0.3) is 0 Å². The van der Waals surface area contributed by atoms with Gasteiger partial charge in [0.15, 0.2) is 6.61 Å². The highest BCUT2D eigenvalue weighted by atomic mass is 16.5. The molecule has 0 bridgehead atoms. The van der Waals surface area contributed by atoms with Gasteiger partial charge in [0.25, 0.3) is 5.91 Å². The second-order valence-corrected chi connectivity index (χ2v) is 8.07. The van der Waals surface area contributed by atoms with E-state index in [1.165, 1.54) is 24.8 Å². The first kappa shape index (κ1) is 20.3. The average Bonchev–Trinajstić information content (AvgIpc) is 2.60. The minimum absolute atomic E-state index is 0.0101. The Hall–Kier alpha value is -2.04. The molecule has 0 unspecified atom stereocenters. The highest BCUT2D eigenvalue weighted by Crippen LogP contribution is 2.24. The van der Waals surface area contributed by atoms with Gasteiger partial charge in [-0.05, 0) is 36.0 Å². The predicted molar refractivity (Wildman–Crippen MR) is 103 cm³/mol. The maximum atomic E-state index is 11.9. The Labute approximate surface area is 156 Å². The summed E-state index contributed by atoms with van der Waals surface area (Å²) in [5, 5.41) is 5.78. The lowest BCUT2D eigenvalue weighted by molar-refractivity contribution is -0.124. The van der Waals surface area contributed by atoms with Crippen LogP contribution in [-0.2, 0) is 15.0 Å². The summed E-state index contributed by atoms with van der Waals surface area (Å²) in [4.78, 5) is 23.7. The van der Waals surface area contributed by atoms with Gasteiger partial charge < -0.3 is 15.4 Å². The molecular formula is C21H32N2O3. The van der Waals surface area contributed by atoms with E-state index in [9.17, 15) is 9.59 Å². The van der Waals surface area contributed by atoms with E-state index >= 15 is 0 Å². The molecule has 0 atom stereocenters. The van der Waals surface area contributed by atoms with E-state index in [1.54, 1.807) is 0 Å². The zero-order valence-electron chi connectivity index (χ0n) is 16.3. The molecule has 0 aliphatic heterocycles. The van der Waals surface area contributed by atoms with Crippen molar-refractivity contribution in [3.63, 3.8) is 0 Å². The summed E-state index contributed by atoms with van der Waals surface area (Å²) < 4.78 is 5.50. The van der Waals surface area contributed by atoms with Gasteiger partial charge in [-0.15, -0.1) is 0 Å². The molecule has 1 aromatic rings. The fourth-order valence-electron chi connectivity index (χ4n) is 3.11. The number of carbonyl (C=O) groups excluding carboxylic acids is 2. The predicted octanol–water partition coefficient (Wildman–Crippen LogP) is 3.32. The van der Waals surface area contributed by atoms with E-state index < -0.39 is 0 Å². The number of benzene rings is 1. The molecule has 1 fully saturated rings. The minimum atomic E-state index is -0.213. The molecule has 0 heterocycles. The summed E-state index contributed by atoms with van der Waals surface area (Å²) in [6.45, 7) is 6.75. The first-order chi connectivity index (χ1) is 12.3. The van der Waals surface area contributed by atoms with Crippen LogP contribution in [0.1, 0.15) is 64.9 Å². The van der Waals surface area contributed by atoms with Gasteiger partial charge in [-0.2, -0.15) is 0 Å². The molecule has 1 aliphatic rings. The van der Waals surface area contributed by atoms with Crippen LogP contribution >= 0.6 is 0 Å². The zero-order chi connectivity index (χ0) is 19.0. The van der Waals surface area contributed by atoms with Crippen molar-refractivity contribution < 1.29 is 14.3 Å². The van der Waals surface area contributed by atoms with E-state index in [0.29, 0.717) is 24.8 Å². The fourth-order valence-corrected chi connectivity index (χ4v) is 3.11. The van der Waals surface area contributed by atoms with Crippen molar-refractivity contribution in [2.45, 2.75) is 70.8 Å². The number of amides is 2. The standard InChI is InChI=1S/C21H32N2O3/c1-21(2,3)16-9-11-18(12-10-16)26-15-20(25)22-14-13-19(24)23-17-7-5-4-6-8-17/h9-12,17H,4-8,13-15H2,1-3H3,(H,22,25)(H,23,24). The van der Waals surface area contributed by atoms with Crippen LogP contribution in [0, 0.1) is 0 Å². The highest BCUT2D eigenvalue weighted by Gasteiger charge is 2.16. The van der Waals surface area contributed by atoms with E-state index in [1.807, 2.05) is 24.3 Å². The third kappa shape index (κ3) is 7.06. The summed E-state index contributed by atoms with van der Waals surface area (Å²) in [6.07, 6.45) is 6.09. The lowest BCUT2D eigenvalue weighted by Gasteiger charge is -2.22.